The predicted octanol–water partition coefficient (Wildman–Crippen LogP) is 0.304. The summed E-state index contributed by atoms with van der Waals surface area (Å²) in [6.45, 7) is 6.24. The van der Waals surface area contributed by atoms with Gasteiger partial charge in [-0.25, -0.2) is 0 Å². The Bertz CT molecular complexity index is 753. The molecule has 0 radical (unpaired) electrons. The van der Waals surface area contributed by atoms with Crippen molar-refractivity contribution in [3.8, 4) is 0 Å². The molecule has 0 aromatic carbocycles. The Kier molecular flexibility index (Phi) is 3.87. The van der Waals surface area contributed by atoms with Gasteiger partial charge >= 0.3 is 11.9 Å². The summed E-state index contributed by atoms with van der Waals surface area (Å²) < 4.78 is 22.9. The lowest BCUT2D eigenvalue weighted by atomic mass is 9.50. The number of carbonyl (C=O) groups is 3. The highest BCUT2D eigenvalue weighted by atomic mass is 16.6. The van der Waals surface area contributed by atoms with Crippen LogP contribution in [0.3, 0.4) is 0 Å². The lowest BCUT2D eigenvalue weighted by molar-refractivity contribution is -0.251. The van der Waals surface area contributed by atoms with E-state index in [2.05, 4.69) is 0 Å². The van der Waals surface area contributed by atoms with E-state index in [1.54, 1.807) is 13.0 Å². The smallest absolute Gasteiger partial charge is 0.303 e. The van der Waals surface area contributed by atoms with Crippen molar-refractivity contribution in [3.63, 3.8) is 0 Å². The first-order valence-electron chi connectivity index (χ1n) is 9.10. The van der Waals surface area contributed by atoms with Gasteiger partial charge in [0.2, 0.25) is 0 Å². The quantitative estimate of drug-likeness (QED) is 0.550. The van der Waals surface area contributed by atoms with E-state index < -0.39 is 52.8 Å². The topological polar surface area (TPSA) is 112 Å². The van der Waals surface area contributed by atoms with Crippen LogP contribution in [0.5, 0.6) is 0 Å². The van der Waals surface area contributed by atoms with Crippen molar-refractivity contribution in [2.45, 2.75) is 64.1 Å². The van der Waals surface area contributed by atoms with E-state index in [9.17, 15) is 19.5 Å². The molecule has 4 rings (SSSR count). The van der Waals surface area contributed by atoms with Crippen molar-refractivity contribution in [1.82, 2.24) is 0 Å². The van der Waals surface area contributed by atoms with E-state index in [-0.39, 0.29) is 18.8 Å². The maximum absolute atomic E-state index is 13.1. The minimum Gasteiger partial charge on any atom is -0.465 e. The second kappa shape index (κ2) is 5.62. The molecule has 2 saturated heterocycles. The third-order valence-corrected chi connectivity index (χ3v) is 6.94. The van der Waals surface area contributed by atoms with Crippen molar-refractivity contribution in [3.05, 3.63) is 11.6 Å². The molecule has 2 bridgehead atoms. The van der Waals surface area contributed by atoms with Crippen LogP contribution in [0.1, 0.15) is 34.1 Å². The summed E-state index contributed by atoms with van der Waals surface area (Å²) in [4.78, 5) is 36.5. The number of carbonyl (C=O) groups excluding carboxylic acids is 3. The van der Waals surface area contributed by atoms with Crippen molar-refractivity contribution in [2.75, 3.05) is 13.2 Å². The standard InChI is InChI=1S/C19H24O8/c1-9-5-13-18(7-24-10(2)20,16(14(9)23)26-11(3)21)17(4)6-12(22)15(27-13)19(17)8-25-19/h5,12-13,15-16,22H,6-8H2,1-4H3/t12-,13-,15?,16-,17-,18-,19?/m1/s1. The molecule has 3 fully saturated rings. The largest absolute Gasteiger partial charge is 0.465 e. The molecule has 8 nitrogen and oxygen atoms in total. The zero-order valence-corrected chi connectivity index (χ0v) is 15.8. The van der Waals surface area contributed by atoms with E-state index in [1.165, 1.54) is 13.8 Å². The number of rotatable bonds is 3. The summed E-state index contributed by atoms with van der Waals surface area (Å²) in [5, 5.41) is 10.7. The molecule has 0 amide bonds. The van der Waals surface area contributed by atoms with Crippen molar-refractivity contribution < 1.29 is 38.4 Å². The number of fused-ring (bicyclic) bond motifs is 2. The highest BCUT2D eigenvalue weighted by Crippen LogP contribution is 2.71. The maximum atomic E-state index is 13.1. The van der Waals surface area contributed by atoms with Crippen LogP contribution in [0.2, 0.25) is 0 Å². The molecule has 8 heteroatoms. The van der Waals surface area contributed by atoms with Crippen molar-refractivity contribution in [2.24, 2.45) is 10.8 Å². The fourth-order valence-corrected chi connectivity index (χ4v) is 5.50. The summed E-state index contributed by atoms with van der Waals surface area (Å²) in [6, 6.07) is 0. The second-order valence-corrected chi connectivity index (χ2v) is 8.28. The number of Topliss-reactive ketones (excluding diaryl/α,β-unsaturated/α-hetero) is 1. The number of aliphatic hydroxyl groups is 1. The molecule has 148 valence electrons. The molecule has 4 aliphatic rings. The monoisotopic (exact) mass is 380 g/mol. The minimum atomic E-state index is -1.19. The Morgan fingerprint density at radius 2 is 2.00 bits per heavy atom. The lowest BCUT2D eigenvalue weighted by Crippen LogP contribution is -2.71. The highest BCUT2D eigenvalue weighted by molar-refractivity contribution is 6.01. The molecule has 0 aromatic heterocycles. The van der Waals surface area contributed by atoms with Gasteiger partial charge in [0.05, 0.1) is 24.2 Å². The Morgan fingerprint density at radius 1 is 1.33 bits per heavy atom. The minimum absolute atomic E-state index is 0.179. The van der Waals surface area contributed by atoms with Crippen LogP contribution in [-0.2, 0) is 33.3 Å². The summed E-state index contributed by atoms with van der Waals surface area (Å²) >= 11 is 0. The first-order chi connectivity index (χ1) is 12.6. The van der Waals surface area contributed by atoms with Gasteiger partial charge in [0.15, 0.2) is 11.9 Å². The van der Waals surface area contributed by atoms with Gasteiger partial charge in [0, 0.05) is 19.3 Å². The first-order valence-corrected chi connectivity index (χ1v) is 9.10. The van der Waals surface area contributed by atoms with Gasteiger partial charge < -0.3 is 24.1 Å². The maximum Gasteiger partial charge on any atom is 0.303 e. The number of aliphatic hydroxyl groups excluding tert-OH is 1. The van der Waals surface area contributed by atoms with E-state index in [0.717, 1.165) is 0 Å². The Morgan fingerprint density at radius 3 is 2.56 bits per heavy atom. The third kappa shape index (κ3) is 2.17. The summed E-state index contributed by atoms with van der Waals surface area (Å²) in [5.74, 6) is -1.48. The van der Waals surface area contributed by atoms with Crippen LogP contribution in [0.15, 0.2) is 11.6 Å². The second-order valence-electron chi connectivity index (χ2n) is 8.28. The number of ether oxygens (including phenoxy) is 4. The molecule has 1 N–H and O–H groups in total. The Hall–Kier alpha value is -1.77. The molecule has 2 unspecified atom stereocenters. The number of ketones is 1. The van der Waals surface area contributed by atoms with Crippen LogP contribution in [0, 0.1) is 10.8 Å². The average Bonchev–Trinajstić information content (AvgIpc) is 3.33. The normalized spacial score (nSPS) is 47.3. The van der Waals surface area contributed by atoms with Gasteiger partial charge in [0.25, 0.3) is 0 Å². The van der Waals surface area contributed by atoms with Crippen molar-refractivity contribution >= 4 is 17.7 Å². The molecule has 0 aromatic rings. The molecule has 2 heterocycles. The number of hydrogen-bond acceptors (Lipinski definition) is 8. The van der Waals surface area contributed by atoms with Crippen LogP contribution in [0.4, 0.5) is 0 Å². The predicted molar refractivity (Wildman–Crippen MR) is 89.5 cm³/mol. The number of epoxide rings is 1. The first kappa shape index (κ1) is 18.6. The fourth-order valence-electron chi connectivity index (χ4n) is 5.50. The van der Waals surface area contributed by atoms with Gasteiger partial charge in [-0.2, -0.15) is 0 Å². The summed E-state index contributed by atoms with van der Waals surface area (Å²) in [6.07, 6.45) is -1.23. The van der Waals surface area contributed by atoms with Gasteiger partial charge in [-0.15, -0.1) is 0 Å². The van der Waals surface area contributed by atoms with Crippen LogP contribution >= 0.6 is 0 Å². The van der Waals surface area contributed by atoms with Crippen LogP contribution in [0.25, 0.3) is 0 Å². The Balaban J connectivity index is 1.92. The van der Waals surface area contributed by atoms with E-state index >= 15 is 0 Å². The summed E-state index contributed by atoms with van der Waals surface area (Å²) in [7, 11) is 0. The zero-order chi connectivity index (χ0) is 19.8. The molecule has 2 aliphatic carbocycles. The molecule has 1 spiro atoms. The molecule has 7 atom stereocenters. The third-order valence-electron chi connectivity index (χ3n) is 6.94. The molecule has 2 aliphatic heterocycles. The highest BCUT2D eigenvalue weighted by Gasteiger charge is 2.84. The van der Waals surface area contributed by atoms with E-state index in [0.29, 0.717) is 12.2 Å². The zero-order valence-electron chi connectivity index (χ0n) is 15.8. The lowest BCUT2D eigenvalue weighted by Gasteiger charge is -2.58. The van der Waals surface area contributed by atoms with E-state index in [1.807, 2.05) is 6.92 Å². The summed E-state index contributed by atoms with van der Waals surface area (Å²) in [5.41, 5.74) is -2.36. The SMILES string of the molecule is CC(=O)OC[C@]12[C@H](OC(C)=O)C(=O)C(C)=C[C@H]1OC1[C@H](O)C[C@@]2(C)C12CO2. The van der Waals surface area contributed by atoms with Gasteiger partial charge in [-0.1, -0.05) is 6.92 Å². The Labute approximate surface area is 156 Å². The average molecular weight is 380 g/mol. The molecule has 1 saturated carbocycles. The van der Waals surface area contributed by atoms with Gasteiger partial charge in [-0.05, 0) is 25.0 Å². The number of esters is 2. The van der Waals surface area contributed by atoms with Crippen LogP contribution < -0.4 is 0 Å². The molecular formula is C19H24O8. The fraction of sp³-hybridized carbons (Fsp3) is 0.737. The molecule has 27 heavy (non-hydrogen) atoms. The van der Waals surface area contributed by atoms with E-state index in [4.69, 9.17) is 18.9 Å². The number of hydrogen-bond donors (Lipinski definition) is 1. The molecular weight excluding hydrogens is 356 g/mol. The van der Waals surface area contributed by atoms with Crippen molar-refractivity contribution in [1.29, 1.82) is 0 Å². The van der Waals surface area contributed by atoms with Gasteiger partial charge in [0.1, 0.15) is 18.3 Å². The van der Waals surface area contributed by atoms with Gasteiger partial charge in [-0.3, -0.25) is 14.4 Å². The van der Waals surface area contributed by atoms with Crippen LogP contribution in [-0.4, -0.2) is 66.1 Å².